The summed E-state index contributed by atoms with van der Waals surface area (Å²) in [4.78, 5) is 11.3. The van der Waals surface area contributed by atoms with E-state index in [2.05, 4.69) is 0 Å². The summed E-state index contributed by atoms with van der Waals surface area (Å²) < 4.78 is 18.1. The predicted molar refractivity (Wildman–Crippen MR) is 56.1 cm³/mol. The molecule has 1 aromatic carbocycles. The highest BCUT2D eigenvalue weighted by Crippen LogP contribution is 2.20. The molecule has 0 saturated heterocycles. The van der Waals surface area contributed by atoms with Crippen LogP contribution < -0.4 is 0 Å². The highest BCUT2D eigenvalue weighted by molar-refractivity contribution is 5.82. The van der Waals surface area contributed by atoms with E-state index in [1.165, 1.54) is 6.07 Å². The van der Waals surface area contributed by atoms with Crippen LogP contribution in [0.25, 0.3) is 0 Å². The minimum atomic E-state index is -2.59. The van der Waals surface area contributed by atoms with Gasteiger partial charge in [0.05, 0.1) is 0 Å². The molecule has 0 bridgehead atoms. The lowest BCUT2D eigenvalue weighted by atomic mass is 10.1. The Kier molecular flexibility index (Phi) is 3.62. The number of rotatable bonds is 3. The van der Waals surface area contributed by atoms with Crippen molar-refractivity contribution in [3.05, 3.63) is 35.9 Å². The molecule has 2 atom stereocenters. The zero-order valence-electron chi connectivity index (χ0n) is 9.11. The van der Waals surface area contributed by atoms with E-state index in [1.54, 1.807) is 31.2 Å². The molecule has 1 rings (SSSR count). The van der Waals surface area contributed by atoms with E-state index in [0.29, 0.717) is 0 Å². The number of esters is 1. The molecule has 0 aliphatic carbocycles. The Bertz CT molecular complexity index is 409. The third-order valence-corrected chi connectivity index (χ3v) is 2.15. The van der Waals surface area contributed by atoms with Crippen LogP contribution in [0.1, 0.15) is 25.5 Å². The molecule has 0 saturated carbocycles. The molecular weight excluding hydrogens is 209 g/mol. The Morgan fingerprint density at radius 3 is 2.56 bits per heavy atom. The van der Waals surface area contributed by atoms with Gasteiger partial charge in [-0.25, -0.2) is 9.18 Å². The van der Waals surface area contributed by atoms with Crippen LogP contribution in [0.2, 0.25) is 0 Å². The number of benzene rings is 1. The first-order valence-corrected chi connectivity index (χ1v) is 4.83. The number of halogens is 1. The lowest BCUT2D eigenvalue weighted by Gasteiger charge is -2.16. The van der Waals surface area contributed by atoms with Crippen molar-refractivity contribution in [3.63, 3.8) is 0 Å². The van der Waals surface area contributed by atoms with Gasteiger partial charge in [-0.1, -0.05) is 30.3 Å². The van der Waals surface area contributed by atoms with Gasteiger partial charge in [0.15, 0.2) is 0 Å². The van der Waals surface area contributed by atoms with E-state index >= 15 is 0 Å². The number of carbonyl (C=O) groups excluding carboxylic acids is 1. The molecule has 0 aliphatic heterocycles. The molecule has 0 aliphatic rings. The molecular formula is C12H12FNO2. The molecule has 0 aromatic heterocycles. The van der Waals surface area contributed by atoms with Gasteiger partial charge >= 0.3 is 5.97 Å². The smallest absolute Gasteiger partial charge is 0.359 e. The maximum atomic E-state index is 13.3. The number of carbonyl (C=O) groups is 1. The monoisotopic (exact) mass is 221 g/mol. The van der Waals surface area contributed by atoms with Crippen molar-refractivity contribution >= 4 is 5.97 Å². The number of nitrogens with zero attached hydrogens (tertiary/aromatic N) is 1. The molecule has 4 heteroatoms. The topological polar surface area (TPSA) is 50.1 Å². The van der Waals surface area contributed by atoms with Gasteiger partial charge in [0.2, 0.25) is 0 Å². The summed E-state index contributed by atoms with van der Waals surface area (Å²) in [6, 6.07) is 10.2. The van der Waals surface area contributed by atoms with Crippen LogP contribution in [0.3, 0.4) is 0 Å². The molecule has 0 amide bonds. The quantitative estimate of drug-likeness (QED) is 0.737. The van der Waals surface area contributed by atoms with E-state index in [1.807, 2.05) is 6.07 Å². The van der Waals surface area contributed by atoms with Crippen LogP contribution >= 0.6 is 0 Å². The van der Waals surface area contributed by atoms with E-state index in [4.69, 9.17) is 10.00 Å². The summed E-state index contributed by atoms with van der Waals surface area (Å²) >= 11 is 0. The van der Waals surface area contributed by atoms with Gasteiger partial charge in [0.25, 0.3) is 5.67 Å². The average Bonchev–Trinajstić information content (AvgIpc) is 2.30. The Morgan fingerprint density at radius 2 is 2.06 bits per heavy atom. The largest absolute Gasteiger partial charge is 0.455 e. The van der Waals surface area contributed by atoms with Crippen LogP contribution in [0.4, 0.5) is 4.39 Å². The minimum Gasteiger partial charge on any atom is -0.455 e. The Hall–Kier alpha value is -1.89. The summed E-state index contributed by atoms with van der Waals surface area (Å²) in [7, 11) is 0. The number of hydrogen-bond acceptors (Lipinski definition) is 3. The summed E-state index contributed by atoms with van der Waals surface area (Å²) in [5.74, 6) is -1.16. The van der Waals surface area contributed by atoms with Crippen molar-refractivity contribution in [3.8, 4) is 6.07 Å². The zero-order valence-corrected chi connectivity index (χ0v) is 9.11. The number of hydrogen-bond donors (Lipinski definition) is 0. The average molecular weight is 221 g/mol. The molecule has 1 aromatic rings. The molecule has 84 valence electrons. The highest BCUT2D eigenvalue weighted by atomic mass is 19.1. The molecule has 2 unspecified atom stereocenters. The van der Waals surface area contributed by atoms with E-state index in [9.17, 15) is 9.18 Å². The van der Waals surface area contributed by atoms with Crippen molar-refractivity contribution < 1.29 is 13.9 Å². The first kappa shape index (κ1) is 12.2. The SMILES string of the molecule is CC(OC(=O)C(C)(F)C#N)c1ccccc1. The number of ether oxygens (including phenoxy) is 1. The van der Waals surface area contributed by atoms with Gasteiger partial charge in [-0.2, -0.15) is 5.26 Å². The van der Waals surface area contributed by atoms with E-state index < -0.39 is 17.7 Å². The van der Waals surface area contributed by atoms with Crippen LogP contribution in [0.15, 0.2) is 30.3 Å². The summed E-state index contributed by atoms with van der Waals surface area (Å²) in [5, 5.41) is 8.42. The van der Waals surface area contributed by atoms with Crippen LogP contribution in [0.5, 0.6) is 0 Å². The predicted octanol–water partition coefficient (Wildman–Crippen LogP) is 2.54. The fourth-order valence-electron chi connectivity index (χ4n) is 1.11. The second kappa shape index (κ2) is 4.75. The van der Waals surface area contributed by atoms with Gasteiger partial charge in [0, 0.05) is 0 Å². The molecule has 0 fully saturated rings. The molecule has 0 radical (unpaired) electrons. The van der Waals surface area contributed by atoms with E-state index in [-0.39, 0.29) is 0 Å². The van der Waals surface area contributed by atoms with Gasteiger partial charge < -0.3 is 4.74 Å². The Morgan fingerprint density at radius 1 is 1.50 bits per heavy atom. The summed E-state index contributed by atoms with van der Waals surface area (Å²) in [5.41, 5.74) is -1.84. The lowest BCUT2D eigenvalue weighted by molar-refractivity contribution is -0.158. The van der Waals surface area contributed by atoms with Gasteiger partial charge in [0.1, 0.15) is 12.2 Å². The molecule has 0 heterocycles. The van der Waals surface area contributed by atoms with Crippen LogP contribution in [0, 0.1) is 11.3 Å². The third-order valence-electron chi connectivity index (χ3n) is 2.15. The summed E-state index contributed by atoms with van der Waals surface area (Å²) in [6.07, 6.45) is -0.572. The number of nitriles is 1. The maximum Gasteiger partial charge on any atom is 0.359 e. The number of alkyl halides is 1. The Balaban J connectivity index is 2.70. The molecule has 0 N–H and O–H groups in total. The zero-order chi connectivity index (χ0) is 12.2. The Labute approximate surface area is 93.5 Å². The first-order chi connectivity index (χ1) is 7.47. The molecule has 0 spiro atoms. The first-order valence-electron chi connectivity index (χ1n) is 4.83. The highest BCUT2D eigenvalue weighted by Gasteiger charge is 2.36. The van der Waals surface area contributed by atoms with Crippen molar-refractivity contribution in [2.45, 2.75) is 25.6 Å². The second-order valence-electron chi connectivity index (χ2n) is 3.57. The molecule has 16 heavy (non-hydrogen) atoms. The normalized spacial score (nSPS) is 15.6. The standard InChI is InChI=1S/C12H12FNO2/c1-9(10-6-4-3-5-7-10)16-11(15)12(2,13)8-14/h3-7,9H,1-2H3. The minimum absolute atomic E-state index is 0.572. The third kappa shape index (κ3) is 2.80. The van der Waals surface area contributed by atoms with Gasteiger partial charge in [-0.3, -0.25) is 0 Å². The van der Waals surface area contributed by atoms with Crippen LogP contribution in [-0.2, 0) is 9.53 Å². The second-order valence-corrected chi connectivity index (χ2v) is 3.57. The summed E-state index contributed by atoms with van der Waals surface area (Å²) in [6.45, 7) is 2.51. The fourth-order valence-corrected chi connectivity index (χ4v) is 1.11. The van der Waals surface area contributed by atoms with Crippen molar-refractivity contribution in [2.75, 3.05) is 0 Å². The van der Waals surface area contributed by atoms with Gasteiger partial charge in [-0.05, 0) is 19.4 Å². The van der Waals surface area contributed by atoms with Crippen molar-refractivity contribution in [2.24, 2.45) is 0 Å². The molecule has 3 nitrogen and oxygen atoms in total. The fraction of sp³-hybridized carbons (Fsp3) is 0.333. The van der Waals surface area contributed by atoms with Crippen molar-refractivity contribution in [1.29, 1.82) is 5.26 Å². The van der Waals surface area contributed by atoms with Crippen LogP contribution in [-0.4, -0.2) is 11.6 Å². The lowest BCUT2D eigenvalue weighted by Crippen LogP contribution is -2.31. The maximum absolute atomic E-state index is 13.3. The van der Waals surface area contributed by atoms with Gasteiger partial charge in [-0.15, -0.1) is 0 Å². The van der Waals surface area contributed by atoms with E-state index in [0.717, 1.165) is 12.5 Å². The van der Waals surface area contributed by atoms with Crippen molar-refractivity contribution in [1.82, 2.24) is 0 Å².